The van der Waals surface area contributed by atoms with E-state index in [1.54, 1.807) is 14.0 Å². The van der Waals surface area contributed by atoms with Crippen LogP contribution >= 0.6 is 0 Å². The molecule has 0 saturated carbocycles. The molecule has 2 aromatic carbocycles. The van der Waals surface area contributed by atoms with Crippen molar-refractivity contribution in [1.29, 1.82) is 0 Å². The van der Waals surface area contributed by atoms with E-state index in [-0.39, 0.29) is 11.9 Å². The van der Waals surface area contributed by atoms with Gasteiger partial charge in [0.2, 0.25) is 0 Å². The van der Waals surface area contributed by atoms with Crippen LogP contribution in [0, 0.1) is 5.92 Å². The van der Waals surface area contributed by atoms with E-state index in [1.165, 1.54) is 12.1 Å². The summed E-state index contributed by atoms with van der Waals surface area (Å²) in [4.78, 5) is 12.1. The van der Waals surface area contributed by atoms with Crippen molar-refractivity contribution in [1.82, 2.24) is 5.32 Å². The van der Waals surface area contributed by atoms with E-state index < -0.39 is 11.7 Å². The van der Waals surface area contributed by atoms with Gasteiger partial charge >= 0.3 is 12.1 Å². The van der Waals surface area contributed by atoms with Gasteiger partial charge in [-0.25, -0.2) is 0 Å². The number of rotatable bonds is 10. The molecular formula is C23H28F3NO3. The fourth-order valence-electron chi connectivity index (χ4n) is 3.19. The zero-order valence-electron chi connectivity index (χ0n) is 17.5. The number of nitrogens with one attached hydrogen (secondary N) is 1. The number of ether oxygens (including phenoxy) is 2. The molecule has 0 aromatic heterocycles. The van der Waals surface area contributed by atoms with E-state index in [0.29, 0.717) is 38.3 Å². The lowest BCUT2D eigenvalue weighted by molar-refractivity contribution is -0.148. The monoisotopic (exact) mass is 423 g/mol. The zero-order chi connectivity index (χ0) is 22.1. The van der Waals surface area contributed by atoms with Crippen molar-refractivity contribution in [3.05, 3.63) is 64.7 Å². The average Bonchev–Trinajstić information content (AvgIpc) is 2.72. The molecule has 2 aromatic rings. The molecule has 0 saturated heterocycles. The van der Waals surface area contributed by atoms with Gasteiger partial charge in [0.1, 0.15) is 5.75 Å². The van der Waals surface area contributed by atoms with E-state index in [2.05, 4.69) is 5.32 Å². The van der Waals surface area contributed by atoms with Crippen LogP contribution in [-0.2, 0) is 35.2 Å². The number of benzene rings is 2. The summed E-state index contributed by atoms with van der Waals surface area (Å²) in [6.07, 6.45) is -3.07. The molecule has 0 aliphatic rings. The lowest BCUT2D eigenvalue weighted by Gasteiger charge is -2.16. The minimum Gasteiger partial charge on any atom is -0.496 e. The molecule has 0 aliphatic heterocycles. The Labute approximate surface area is 175 Å². The van der Waals surface area contributed by atoms with Crippen LogP contribution in [0.3, 0.4) is 0 Å². The molecular weight excluding hydrogens is 395 g/mol. The van der Waals surface area contributed by atoms with Gasteiger partial charge < -0.3 is 14.8 Å². The molecule has 164 valence electrons. The van der Waals surface area contributed by atoms with Crippen LogP contribution in [0.25, 0.3) is 0 Å². The first kappa shape index (κ1) is 23.7. The van der Waals surface area contributed by atoms with E-state index in [0.717, 1.165) is 28.8 Å². The largest absolute Gasteiger partial charge is 0.496 e. The van der Waals surface area contributed by atoms with Crippen LogP contribution < -0.4 is 10.1 Å². The summed E-state index contributed by atoms with van der Waals surface area (Å²) in [7, 11) is 1.59. The minimum atomic E-state index is -4.33. The van der Waals surface area contributed by atoms with Gasteiger partial charge in [0.15, 0.2) is 0 Å². The number of halogens is 3. The Bertz CT molecular complexity index is 819. The molecule has 4 nitrogen and oxygen atoms in total. The lowest BCUT2D eigenvalue weighted by Crippen LogP contribution is -2.19. The molecule has 0 heterocycles. The van der Waals surface area contributed by atoms with Gasteiger partial charge in [-0.1, -0.05) is 31.2 Å². The zero-order valence-corrected chi connectivity index (χ0v) is 17.5. The Hall–Kier alpha value is -2.54. The summed E-state index contributed by atoms with van der Waals surface area (Å²) in [5.74, 6) is 0.312. The topological polar surface area (TPSA) is 47.6 Å². The number of carbonyl (C=O) groups excluding carboxylic acids is 1. The van der Waals surface area contributed by atoms with Gasteiger partial charge in [-0.3, -0.25) is 4.79 Å². The first-order valence-corrected chi connectivity index (χ1v) is 9.97. The summed E-state index contributed by atoms with van der Waals surface area (Å²) >= 11 is 0. The van der Waals surface area contributed by atoms with Crippen LogP contribution in [-0.4, -0.2) is 19.7 Å². The van der Waals surface area contributed by atoms with Crippen molar-refractivity contribution in [3.8, 4) is 5.75 Å². The van der Waals surface area contributed by atoms with Crippen LogP contribution in [0.15, 0.2) is 42.5 Å². The first-order chi connectivity index (χ1) is 14.3. The number of carbonyl (C=O) groups is 1. The van der Waals surface area contributed by atoms with E-state index in [1.807, 2.05) is 25.1 Å². The van der Waals surface area contributed by atoms with Gasteiger partial charge in [-0.15, -0.1) is 0 Å². The highest BCUT2D eigenvalue weighted by Gasteiger charge is 2.29. The van der Waals surface area contributed by atoms with Crippen molar-refractivity contribution in [2.75, 3.05) is 13.7 Å². The molecule has 2 rings (SSSR count). The molecule has 30 heavy (non-hydrogen) atoms. The van der Waals surface area contributed by atoms with Gasteiger partial charge in [0.05, 0.1) is 25.2 Å². The smallest absolute Gasteiger partial charge is 0.416 e. The normalized spacial score (nSPS) is 12.5. The number of alkyl halides is 3. The number of hydrogen-bond acceptors (Lipinski definition) is 4. The van der Waals surface area contributed by atoms with Gasteiger partial charge in [0, 0.05) is 18.7 Å². The predicted molar refractivity (Wildman–Crippen MR) is 109 cm³/mol. The lowest BCUT2D eigenvalue weighted by atomic mass is 9.95. The van der Waals surface area contributed by atoms with E-state index >= 15 is 0 Å². The van der Waals surface area contributed by atoms with Crippen molar-refractivity contribution >= 4 is 5.97 Å². The van der Waals surface area contributed by atoms with Crippen molar-refractivity contribution in [2.24, 2.45) is 5.92 Å². The Morgan fingerprint density at radius 3 is 2.27 bits per heavy atom. The molecule has 0 radical (unpaired) electrons. The third kappa shape index (κ3) is 6.76. The molecule has 0 spiro atoms. The number of hydrogen-bond donors (Lipinski definition) is 1. The Kier molecular flexibility index (Phi) is 8.72. The van der Waals surface area contributed by atoms with Gasteiger partial charge in [-0.05, 0) is 49.1 Å². The molecule has 0 aliphatic carbocycles. The summed E-state index contributed by atoms with van der Waals surface area (Å²) in [5.41, 5.74) is 2.02. The molecule has 7 heteroatoms. The third-order valence-electron chi connectivity index (χ3n) is 4.87. The molecule has 1 unspecified atom stereocenters. The maximum absolute atomic E-state index is 12.7. The van der Waals surface area contributed by atoms with Crippen LogP contribution in [0.1, 0.15) is 42.5 Å². The maximum atomic E-state index is 12.7. The molecule has 0 bridgehead atoms. The van der Waals surface area contributed by atoms with Crippen molar-refractivity contribution in [3.63, 3.8) is 0 Å². The molecule has 1 N–H and O–H groups in total. The second-order valence-corrected chi connectivity index (χ2v) is 7.01. The molecule has 0 fully saturated rings. The van der Waals surface area contributed by atoms with E-state index in [9.17, 15) is 18.0 Å². The average molecular weight is 423 g/mol. The summed E-state index contributed by atoms with van der Waals surface area (Å²) in [5, 5.41) is 3.24. The minimum absolute atomic E-state index is 0.196. The van der Waals surface area contributed by atoms with Gasteiger partial charge in [0.25, 0.3) is 0 Å². The number of methoxy groups -OCH3 is 1. The predicted octanol–water partition coefficient (Wildman–Crippen LogP) is 5.14. The SMILES string of the molecule is CCOC(=O)C(CC)Cc1ccc(OC)c(CNCc2ccc(C(F)(F)F)cc2)c1. The van der Waals surface area contributed by atoms with Crippen molar-refractivity contribution < 1.29 is 27.4 Å². The second kappa shape index (κ2) is 11.0. The highest BCUT2D eigenvalue weighted by atomic mass is 19.4. The molecule has 1 atom stereocenters. The van der Waals surface area contributed by atoms with E-state index in [4.69, 9.17) is 9.47 Å². The quantitative estimate of drug-likeness (QED) is 0.538. The summed E-state index contributed by atoms with van der Waals surface area (Å²) in [6, 6.07) is 10.9. The number of esters is 1. The first-order valence-electron chi connectivity index (χ1n) is 9.97. The Balaban J connectivity index is 2.02. The Morgan fingerprint density at radius 1 is 1.03 bits per heavy atom. The summed E-state index contributed by atoms with van der Waals surface area (Å²) < 4.78 is 48.5. The fraction of sp³-hybridized carbons (Fsp3) is 0.435. The summed E-state index contributed by atoms with van der Waals surface area (Å²) in [6.45, 7) is 5.01. The third-order valence-corrected chi connectivity index (χ3v) is 4.87. The Morgan fingerprint density at radius 2 is 1.70 bits per heavy atom. The van der Waals surface area contributed by atoms with Gasteiger partial charge in [-0.2, -0.15) is 13.2 Å². The van der Waals surface area contributed by atoms with Crippen LogP contribution in [0.2, 0.25) is 0 Å². The van der Waals surface area contributed by atoms with Crippen LogP contribution in [0.5, 0.6) is 5.75 Å². The van der Waals surface area contributed by atoms with Crippen molar-refractivity contribution in [2.45, 2.75) is 46.0 Å². The standard InChI is InChI=1S/C23H28F3NO3/c1-4-18(22(28)30-5-2)12-17-8-11-21(29-3)19(13-17)15-27-14-16-6-9-20(10-7-16)23(24,25)26/h6-11,13,18,27H,4-5,12,14-15H2,1-3H3. The van der Waals surface area contributed by atoms with Crippen LogP contribution in [0.4, 0.5) is 13.2 Å². The second-order valence-electron chi connectivity index (χ2n) is 7.01. The highest BCUT2D eigenvalue weighted by molar-refractivity contribution is 5.72. The fourth-order valence-corrected chi connectivity index (χ4v) is 3.19. The molecule has 0 amide bonds. The maximum Gasteiger partial charge on any atom is 0.416 e. The highest BCUT2D eigenvalue weighted by Crippen LogP contribution is 2.29.